The average Bonchev–Trinajstić information content (AvgIpc) is 3.99. The molecule has 4 nitrogen and oxygen atoms in total. The molecule has 0 aliphatic rings. The molecule has 3 heterocycles. The Hall–Kier alpha value is -7.82. The minimum absolute atomic E-state index is 0.846. The molecule has 0 saturated heterocycles. The third-order valence-electron chi connectivity index (χ3n) is 11.5. The summed E-state index contributed by atoms with van der Waals surface area (Å²) in [5.74, 6) is 0. The van der Waals surface area contributed by atoms with Gasteiger partial charge in [-0.2, -0.15) is 0 Å². The second-order valence-electron chi connectivity index (χ2n) is 14.8. The average molecular weight is 744 g/mol. The van der Waals surface area contributed by atoms with E-state index in [0.717, 1.165) is 116 Å². The van der Waals surface area contributed by atoms with Crippen LogP contribution in [0.1, 0.15) is 0 Å². The van der Waals surface area contributed by atoms with Gasteiger partial charge in [-0.1, -0.05) is 140 Å². The van der Waals surface area contributed by atoms with Gasteiger partial charge in [-0.05, 0) is 88.5 Å². The van der Waals surface area contributed by atoms with Gasteiger partial charge in [0.05, 0.1) is 5.69 Å². The molecule has 0 N–H and O–H groups in total. The van der Waals surface area contributed by atoms with Gasteiger partial charge in [-0.15, -0.1) is 0 Å². The van der Waals surface area contributed by atoms with Crippen molar-refractivity contribution in [3.05, 3.63) is 200 Å². The summed E-state index contributed by atoms with van der Waals surface area (Å²) in [6.07, 6.45) is 0. The zero-order valence-electron chi connectivity index (χ0n) is 31.2. The lowest BCUT2D eigenvalue weighted by molar-refractivity contribution is 0.668. The summed E-state index contributed by atoms with van der Waals surface area (Å²) in [6.45, 7) is 0. The first kappa shape index (κ1) is 32.4. The highest BCUT2D eigenvalue weighted by Crippen LogP contribution is 2.44. The molecule has 0 fully saturated rings. The highest BCUT2D eigenvalue weighted by atomic mass is 16.3. The largest absolute Gasteiger partial charge is 0.456 e. The van der Waals surface area contributed by atoms with Crippen LogP contribution in [0.15, 0.2) is 213 Å². The maximum absolute atomic E-state index is 6.62. The first-order valence-electron chi connectivity index (χ1n) is 19.6. The van der Waals surface area contributed by atoms with E-state index in [9.17, 15) is 0 Å². The van der Waals surface area contributed by atoms with Gasteiger partial charge >= 0.3 is 0 Å². The SMILES string of the molecule is c1ccc(-c2cccc3c2oc2ccc(-c4ccc(N(c5ccc(-c6cccc7oc8ccccc8c67)cc5)c5cccc6c5oc5ccccc56)cc4)cc23)cc1. The molecule has 12 rings (SSSR count). The van der Waals surface area contributed by atoms with Gasteiger partial charge < -0.3 is 18.2 Å². The predicted molar refractivity (Wildman–Crippen MR) is 239 cm³/mol. The fourth-order valence-electron chi connectivity index (χ4n) is 8.77. The van der Waals surface area contributed by atoms with E-state index in [0.29, 0.717) is 0 Å². The van der Waals surface area contributed by atoms with Gasteiger partial charge in [0.15, 0.2) is 5.58 Å². The fraction of sp³-hybridized carbons (Fsp3) is 0. The number of fused-ring (bicyclic) bond motifs is 9. The van der Waals surface area contributed by atoms with Crippen molar-refractivity contribution in [2.45, 2.75) is 0 Å². The van der Waals surface area contributed by atoms with Crippen LogP contribution in [-0.4, -0.2) is 0 Å². The van der Waals surface area contributed by atoms with Crippen LogP contribution in [0.2, 0.25) is 0 Å². The van der Waals surface area contributed by atoms with E-state index in [1.807, 2.05) is 36.4 Å². The van der Waals surface area contributed by atoms with Crippen LogP contribution >= 0.6 is 0 Å². The lowest BCUT2D eigenvalue weighted by Gasteiger charge is -2.26. The third kappa shape index (κ3) is 5.09. The Morgan fingerprint density at radius 1 is 0.293 bits per heavy atom. The molecule has 9 aromatic carbocycles. The van der Waals surface area contributed by atoms with Gasteiger partial charge in [0.1, 0.15) is 27.9 Å². The quantitative estimate of drug-likeness (QED) is 0.170. The molecule has 0 radical (unpaired) electrons. The van der Waals surface area contributed by atoms with Crippen LogP contribution in [-0.2, 0) is 0 Å². The fourth-order valence-corrected chi connectivity index (χ4v) is 8.77. The second-order valence-corrected chi connectivity index (χ2v) is 14.8. The molecule has 58 heavy (non-hydrogen) atoms. The van der Waals surface area contributed by atoms with Gasteiger partial charge in [0.25, 0.3) is 0 Å². The highest BCUT2D eigenvalue weighted by Gasteiger charge is 2.21. The Kier molecular flexibility index (Phi) is 7.20. The molecule has 0 saturated carbocycles. The molecule has 0 bridgehead atoms. The highest BCUT2D eigenvalue weighted by molar-refractivity contribution is 6.13. The van der Waals surface area contributed by atoms with Gasteiger partial charge in [-0.3, -0.25) is 0 Å². The summed E-state index contributed by atoms with van der Waals surface area (Å²) in [7, 11) is 0. The van der Waals surface area contributed by atoms with Crippen molar-refractivity contribution in [1.82, 2.24) is 0 Å². The molecule has 272 valence electrons. The maximum Gasteiger partial charge on any atom is 0.159 e. The molecular weight excluding hydrogens is 711 g/mol. The summed E-state index contributed by atoms with van der Waals surface area (Å²) in [4.78, 5) is 2.30. The van der Waals surface area contributed by atoms with Gasteiger partial charge in [-0.25, -0.2) is 0 Å². The van der Waals surface area contributed by atoms with E-state index in [-0.39, 0.29) is 0 Å². The summed E-state index contributed by atoms with van der Waals surface area (Å²) < 4.78 is 19.3. The summed E-state index contributed by atoms with van der Waals surface area (Å²) >= 11 is 0. The van der Waals surface area contributed by atoms with Gasteiger partial charge in [0, 0.05) is 49.3 Å². The zero-order valence-corrected chi connectivity index (χ0v) is 31.2. The summed E-state index contributed by atoms with van der Waals surface area (Å²) in [6, 6.07) is 70.2. The number of hydrogen-bond donors (Lipinski definition) is 0. The van der Waals surface area contributed by atoms with Crippen LogP contribution in [0.25, 0.3) is 99.2 Å². The first-order valence-corrected chi connectivity index (χ1v) is 19.6. The standard InChI is InChI=1S/C54H33NO3/c1-2-11-35(12-3-1)41-16-8-17-44-46-33-37(27-32-50(46)57-53(41)44)34-23-28-38(29-24-34)55(47-19-9-18-43-42-13-4-6-20-48(42)58-54(43)47)39-30-25-36(26-31-39)40-15-10-22-51-52(40)45-14-5-7-21-49(45)56-51/h1-33H. The Labute approximate surface area is 333 Å². The molecule has 0 unspecified atom stereocenters. The number of hydrogen-bond acceptors (Lipinski definition) is 4. The molecule has 4 heteroatoms. The van der Waals surface area contributed by atoms with E-state index in [2.05, 4.69) is 169 Å². The van der Waals surface area contributed by atoms with Gasteiger partial charge in [0.2, 0.25) is 0 Å². The van der Waals surface area contributed by atoms with E-state index in [1.54, 1.807) is 0 Å². The van der Waals surface area contributed by atoms with Crippen LogP contribution < -0.4 is 4.90 Å². The van der Waals surface area contributed by atoms with Crippen LogP contribution in [0, 0.1) is 0 Å². The van der Waals surface area contributed by atoms with Crippen molar-refractivity contribution in [2.24, 2.45) is 0 Å². The van der Waals surface area contributed by atoms with Crippen LogP contribution in [0.5, 0.6) is 0 Å². The molecule has 0 atom stereocenters. The minimum Gasteiger partial charge on any atom is -0.456 e. The number of nitrogens with zero attached hydrogens (tertiary/aromatic N) is 1. The summed E-state index contributed by atoms with van der Waals surface area (Å²) in [5, 5.41) is 6.65. The van der Waals surface area contributed by atoms with E-state index < -0.39 is 0 Å². The minimum atomic E-state index is 0.846. The molecule has 3 aromatic heterocycles. The number of rotatable bonds is 6. The van der Waals surface area contributed by atoms with Crippen molar-refractivity contribution in [2.75, 3.05) is 4.90 Å². The molecule has 0 amide bonds. The number of para-hydroxylation sites is 4. The number of benzene rings is 9. The van der Waals surface area contributed by atoms with E-state index in [4.69, 9.17) is 13.3 Å². The number of anilines is 3. The Morgan fingerprint density at radius 2 is 0.828 bits per heavy atom. The Balaban J connectivity index is 0.970. The monoisotopic (exact) mass is 743 g/mol. The molecule has 0 aliphatic heterocycles. The second kappa shape index (κ2) is 12.9. The number of furan rings is 3. The zero-order chi connectivity index (χ0) is 38.2. The van der Waals surface area contributed by atoms with Crippen molar-refractivity contribution >= 4 is 82.9 Å². The summed E-state index contributed by atoms with van der Waals surface area (Å²) in [5.41, 5.74) is 15.1. The van der Waals surface area contributed by atoms with E-state index in [1.165, 1.54) is 0 Å². The maximum atomic E-state index is 6.62. The van der Waals surface area contributed by atoms with E-state index >= 15 is 0 Å². The Morgan fingerprint density at radius 3 is 1.62 bits per heavy atom. The Bertz CT molecular complexity index is 3500. The predicted octanol–water partition coefficient (Wildman–Crippen LogP) is 15.9. The molecular formula is C54H33NO3. The van der Waals surface area contributed by atoms with Crippen LogP contribution in [0.3, 0.4) is 0 Å². The molecule has 12 aromatic rings. The van der Waals surface area contributed by atoms with Crippen molar-refractivity contribution < 1.29 is 13.3 Å². The topological polar surface area (TPSA) is 42.7 Å². The lowest BCUT2D eigenvalue weighted by Crippen LogP contribution is -2.10. The van der Waals surface area contributed by atoms with Crippen molar-refractivity contribution in [1.29, 1.82) is 0 Å². The van der Waals surface area contributed by atoms with Crippen LogP contribution in [0.4, 0.5) is 17.1 Å². The smallest absolute Gasteiger partial charge is 0.159 e. The normalized spacial score (nSPS) is 11.8. The lowest BCUT2D eigenvalue weighted by atomic mass is 9.98. The van der Waals surface area contributed by atoms with Crippen molar-refractivity contribution in [3.63, 3.8) is 0 Å². The first-order chi connectivity index (χ1) is 28.7. The molecule has 0 spiro atoms. The third-order valence-corrected chi connectivity index (χ3v) is 11.5. The van der Waals surface area contributed by atoms with Crippen molar-refractivity contribution in [3.8, 4) is 33.4 Å². The molecule has 0 aliphatic carbocycles.